The van der Waals surface area contributed by atoms with Gasteiger partial charge in [0.1, 0.15) is 11.4 Å². The number of ether oxygens (including phenoxy) is 1. The summed E-state index contributed by atoms with van der Waals surface area (Å²) in [6, 6.07) is 6.06. The molecule has 32 heavy (non-hydrogen) atoms. The van der Waals surface area contributed by atoms with Crippen LogP contribution in [-0.4, -0.2) is 22.0 Å². The SMILES string of the molecule is C=CC(F)c1ncn(CC2=CC(Cl)=CCCNC2=O)c(=O)c1Oc1cc(Cl)cc(C#N)c1. The van der Waals surface area contributed by atoms with Crippen LogP contribution in [0, 0.1) is 11.3 Å². The highest BCUT2D eigenvalue weighted by molar-refractivity contribution is 6.31. The number of halogens is 3. The molecule has 1 unspecified atom stereocenters. The first-order valence-electron chi connectivity index (χ1n) is 9.41. The Labute approximate surface area is 193 Å². The molecule has 0 bridgehead atoms. The number of amides is 1. The van der Waals surface area contributed by atoms with Gasteiger partial charge >= 0.3 is 0 Å². The number of hydrogen-bond acceptors (Lipinski definition) is 5. The third kappa shape index (κ3) is 5.44. The Hall–Kier alpha value is -3.41. The van der Waals surface area contributed by atoms with E-state index < -0.39 is 23.4 Å². The maximum Gasteiger partial charge on any atom is 0.297 e. The lowest BCUT2D eigenvalue weighted by Gasteiger charge is -2.16. The second kappa shape index (κ2) is 10.3. The predicted molar refractivity (Wildman–Crippen MR) is 118 cm³/mol. The number of benzene rings is 1. The number of allylic oxidation sites excluding steroid dienone is 3. The molecule has 1 aromatic carbocycles. The Balaban J connectivity index is 2.07. The maximum absolute atomic E-state index is 14.4. The Morgan fingerprint density at radius 1 is 1.38 bits per heavy atom. The third-order valence-corrected chi connectivity index (χ3v) is 4.91. The second-order valence-electron chi connectivity index (χ2n) is 6.72. The van der Waals surface area contributed by atoms with E-state index >= 15 is 0 Å². The molecule has 0 spiro atoms. The van der Waals surface area contributed by atoms with Gasteiger partial charge in [0, 0.05) is 22.2 Å². The minimum absolute atomic E-state index is 0.0529. The van der Waals surface area contributed by atoms with Crippen LogP contribution in [-0.2, 0) is 11.3 Å². The topological polar surface area (TPSA) is 97.0 Å². The fourth-order valence-corrected chi connectivity index (χ4v) is 3.37. The van der Waals surface area contributed by atoms with Gasteiger partial charge in [0.25, 0.3) is 5.56 Å². The van der Waals surface area contributed by atoms with Crippen molar-refractivity contribution in [2.75, 3.05) is 6.54 Å². The van der Waals surface area contributed by atoms with Crippen LogP contribution in [0.5, 0.6) is 11.5 Å². The molecule has 2 aromatic rings. The van der Waals surface area contributed by atoms with Crippen LogP contribution in [0.25, 0.3) is 0 Å². The Morgan fingerprint density at radius 3 is 2.88 bits per heavy atom. The molecule has 1 atom stereocenters. The summed E-state index contributed by atoms with van der Waals surface area (Å²) in [5, 5.41) is 12.4. The van der Waals surface area contributed by atoms with E-state index in [9.17, 15) is 14.0 Å². The van der Waals surface area contributed by atoms with E-state index in [1.165, 1.54) is 24.3 Å². The van der Waals surface area contributed by atoms with Gasteiger partial charge in [-0.3, -0.25) is 14.2 Å². The van der Waals surface area contributed by atoms with Crippen LogP contribution in [0.1, 0.15) is 23.8 Å². The molecule has 7 nitrogen and oxygen atoms in total. The highest BCUT2D eigenvalue weighted by atomic mass is 35.5. The monoisotopic (exact) mass is 474 g/mol. The summed E-state index contributed by atoms with van der Waals surface area (Å²) in [6.45, 7) is 3.60. The summed E-state index contributed by atoms with van der Waals surface area (Å²) in [4.78, 5) is 29.6. The number of nitrogens with zero attached hydrogens (tertiary/aromatic N) is 3. The number of carbonyl (C=O) groups excluding carboxylic acids is 1. The molecule has 2 heterocycles. The summed E-state index contributed by atoms with van der Waals surface area (Å²) in [6.07, 6.45) is 4.06. The molecule has 0 saturated carbocycles. The van der Waals surface area contributed by atoms with Gasteiger partial charge in [-0.05, 0) is 30.7 Å². The first kappa shape index (κ1) is 23.3. The number of nitriles is 1. The average molecular weight is 475 g/mol. The Bertz CT molecular complexity index is 1230. The molecular weight excluding hydrogens is 458 g/mol. The zero-order valence-electron chi connectivity index (χ0n) is 16.6. The minimum atomic E-state index is -1.79. The van der Waals surface area contributed by atoms with Crippen LogP contribution < -0.4 is 15.6 Å². The van der Waals surface area contributed by atoms with Crippen LogP contribution in [0.15, 0.2) is 64.7 Å². The van der Waals surface area contributed by atoms with Crippen molar-refractivity contribution in [1.29, 1.82) is 5.26 Å². The largest absolute Gasteiger partial charge is 0.449 e. The van der Waals surface area contributed by atoms with Gasteiger partial charge in [0.2, 0.25) is 11.7 Å². The number of alkyl halides is 1. The van der Waals surface area contributed by atoms with Crippen molar-refractivity contribution >= 4 is 29.1 Å². The molecule has 10 heteroatoms. The first-order valence-corrected chi connectivity index (χ1v) is 10.2. The normalized spacial score (nSPS) is 14.8. The third-order valence-electron chi connectivity index (χ3n) is 4.43. The highest BCUT2D eigenvalue weighted by Gasteiger charge is 2.22. The number of aromatic nitrogens is 2. The molecule has 0 aliphatic carbocycles. The summed E-state index contributed by atoms with van der Waals surface area (Å²) >= 11 is 12.1. The van der Waals surface area contributed by atoms with Gasteiger partial charge in [-0.1, -0.05) is 41.9 Å². The lowest BCUT2D eigenvalue weighted by molar-refractivity contribution is -0.117. The van der Waals surface area contributed by atoms with Crippen LogP contribution in [0.2, 0.25) is 5.02 Å². The van der Waals surface area contributed by atoms with E-state index in [-0.39, 0.29) is 34.1 Å². The van der Waals surface area contributed by atoms with Crippen molar-refractivity contribution < 1.29 is 13.9 Å². The highest BCUT2D eigenvalue weighted by Crippen LogP contribution is 2.30. The van der Waals surface area contributed by atoms with E-state index in [1.807, 2.05) is 6.07 Å². The van der Waals surface area contributed by atoms with Crippen LogP contribution >= 0.6 is 23.2 Å². The smallest absolute Gasteiger partial charge is 0.297 e. The molecule has 164 valence electrons. The van der Waals surface area contributed by atoms with Crippen molar-refractivity contribution in [2.45, 2.75) is 19.1 Å². The molecule has 0 saturated heterocycles. The molecule has 1 aromatic heterocycles. The van der Waals surface area contributed by atoms with Crippen molar-refractivity contribution in [3.63, 3.8) is 0 Å². The Kier molecular flexibility index (Phi) is 7.46. The Morgan fingerprint density at radius 2 is 2.16 bits per heavy atom. The molecule has 1 N–H and O–H groups in total. The van der Waals surface area contributed by atoms with Crippen LogP contribution in [0.4, 0.5) is 4.39 Å². The summed E-state index contributed by atoms with van der Waals surface area (Å²) in [5.41, 5.74) is -0.636. The fourth-order valence-electron chi connectivity index (χ4n) is 2.90. The van der Waals surface area contributed by atoms with Gasteiger partial charge in [-0.25, -0.2) is 9.37 Å². The van der Waals surface area contributed by atoms with Gasteiger partial charge < -0.3 is 10.1 Å². The first-order chi connectivity index (χ1) is 15.3. The lowest BCUT2D eigenvalue weighted by Crippen LogP contribution is -2.31. The van der Waals surface area contributed by atoms with Gasteiger partial charge in [-0.15, -0.1) is 0 Å². The molecule has 1 amide bonds. The van der Waals surface area contributed by atoms with Crippen molar-refractivity contribution in [2.24, 2.45) is 0 Å². The summed E-state index contributed by atoms with van der Waals surface area (Å²) in [7, 11) is 0. The van der Waals surface area contributed by atoms with Gasteiger partial charge in [0.15, 0.2) is 6.17 Å². The van der Waals surface area contributed by atoms with E-state index in [1.54, 1.807) is 6.08 Å². The van der Waals surface area contributed by atoms with E-state index in [0.717, 1.165) is 17.0 Å². The second-order valence-corrected chi connectivity index (χ2v) is 7.59. The standard InChI is InChI=1S/C22H17Cl2FN4O3/c1-2-18(25)19-20(32-17-7-13(10-26)6-16(24)9-17)22(31)29(12-28-19)11-14-8-15(23)4-3-5-27-21(14)30/h2,4,6-9,12,18H,1,3,5,11H2,(H,27,30). The molecule has 0 fully saturated rings. The lowest BCUT2D eigenvalue weighted by atomic mass is 10.1. The van der Waals surface area contributed by atoms with Gasteiger partial charge in [-0.2, -0.15) is 5.26 Å². The number of rotatable bonds is 6. The average Bonchev–Trinajstić information content (AvgIpc) is 2.76. The number of carbonyl (C=O) groups is 1. The predicted octanol–water partition coefficient (Wildman–Crippen LogP) is 4.33. The molecule has 1 aliphatic rings. The van der Waals surface area contributed by atoms with Crippen molar-refractivity contribution in [3.8, 4) is 17.6 Å². The fraction of sp³-hybridized carbons (Fsp3) is 0.182. The van der Waals surface area contributed by atoms with Gasteiger partial charge in [0.05, 0.1) is 24.5 Å². The quantitative estimate of drug-likeness (QED) is 0.628. The van der Waals surface area contributed by atoms with E-state index in [4.69, 9.17) is 33.2 Å². The van der Waals surface area contributed by atoms with E-state index in [2.05, 4.69) is 16.9 Å². The summed E-state index contributed by atoms with van der Waals surface area (Å²) < 4.78 is 21.2. The maximum atomic E-state index is 14.4. The zero-order valence-corrected chi connectivity index (χ0v) is 18.2. The summed E-state index contributed by atoms with van der Waals surface area (Å²) in [5.74, 6) is -0.755. The molecule has 3 rings (SSSR count). The van der Waals surface area contributed by atoms with Crippen molar-refractivity contribution in [3.05, 3.63) is 86.6 Å². The van der Waals surface area contributed by atoms with Crippen LogP contribution in [0.3, 0.4) is 0 Å². The zero-order chi connectivity index (χ0) is 23.3. The number of hydrogen-bond donors (Lipinski definition) is 1. The minimum Gasteiger partial charge on any atom is -0.449 e. The molecule has 1 aliphatic heterocycles. The van der Waals surface area contributed by atoms with E-state index in [0.29, 0.717) is 18.0 Å². The molecule has 0 radical (unpaired) electrons. The molecular formula is C22H17Cl2FN4O3. The number of nitrogens with one attached hydrogen (secondary N) is 1. The van der Waals surface area contributed by atoms with Crippen molar-refractivity contribution in [1.82, 2.24) is 14.9 Å².